The average molecular weight is 335 g/mol. The molecule has 0 spiro atoms. The van der Waals surface area contributed by atoms with Crippen molar-refractivity contribution in [3.05, 3.63) is 56.5 Å². The number of hydrogen-bond donors (Lipinski definition) is 2. The van der Waals surface area contributed by atoms with E-state index in [1.54, 1.807) is 42.7 Å². The zero-order valence-electron chi connectivity index (χ0n) is 9.55. The van der Waals surface area contributed by atoms with Gasteiger partial charge in [0.2, 0.25) is 6.34 Å². The molecular weight excluding hydrogens is 326 g/mol. The Balaban J connectivity index is 2.21. The quantitative estimate of drug-likeness (QED) is 0.640. The fraction of sp³-hybridized carbons (Fsp3) is 0. The number of halogens is 4. The van der Waals surface area contributed by atoms with E-state index in [0.29, 0.717) is 31.5 Å². The van der Waals surface area contributed by atoms with E-state index in [0.717, 1.165) is 0 Å². The van der Waals surface area contributed by atoms with Crippen LogP contribution in [0, 0.1) is 0 Å². The zero-order valence-corrected chi connectivity index (χ0v) is 12.6. The molecule has 2 rings (SSSR count). The van der Waals surface area contributed by atoms with Gasteiger partial charge in [-0.1, -0.05) is 58.5 Å². The van der Waals surface area contributed by atoms with Crippen molar-refractivity contribution < 1.29 is 4.99 Å². The second kappa shape index (κ2) is 6.49. The van der Waals surface area contributed by atoms with Crippen LogP contribution in [0.1, 0.15) is 0 Å². The van der Waals surface area contributed by atoms with E-state index < -0.39 is 0 Å². The summed E-state index contributed by atoms with van der Waals surface area (Å²) in [4.78, 5) is 2.97. The lowest BCUT2D eigenvalue weighted by atomic mass is 10.3. The average Bonchev–Trinajstić information content (AvgIpc) is 2.36. The Morgan fingerprint density at radius 3 is 1.79 bits per heavy atom. The van der Waals surface area contributed by atoms with Crippen molar-refractivity contribution in [2.45, 2.75) is 0 Å². The molecule has 6 heteroatoms. The highest BCUT2D eigenvalue weighted by molar-refractivity contribution is 6.39. The minimum Gasteiger partial charge on any atom is -0.245 e. The van der Waals surface area contributed by atoms with E-state index in [-0.39, 0.29) is 0 Å². The Labute approximate surface area is 131 Å². The minimum absolute atomic E-state index is 0.524. The van der Waals surface area contributed by atoms with Crippen LogP contribution < -0.4 is 10.3 Å². The number of nitrogens with one attached hydrogen (secondary N) is 2. The largest absolute Gasteiger partial charge is 0.245 e. The van der Waals surface area contributed by atoms with Gasteiger partial charge in [-0.3, -0.25) is 0 Å². The fourth-order valence-electron chi connectivity index (χ4n) is 1.45. The molecule has 0 aliphatic carbocycles. The lowest BCUT2D eigenvalue weighted by molar-refractivity contribution is -0.347. The molecule has 19 heavy (non-hydrogen) atoms. The van der Waals surface area contributed by atoms with Crippen molar-refractivity contribution in [2.75, 3.05) is 5.32 Å². The smallest absolute Gasteiger partial charge is 0.240 e. The molecule has 2 N–H and O–H groups in total. The Kier molecular flexibility index (Phi) is 4.94. The maximum atomic E-state index is 6.03. The number of para-hydroxylation sites is 2. The molecule has 0 saturated heterocycles. The predicted molar refractivity (Wildman–Crippen MR) is 83.2 cm³/mol. The van der Waals surface area contributed by atoms with Crippen molar-refractivity contribution in [1.82, 2.24) is 0 Å². The first-order chi connectivity index (χ1) is 9.09. The van der Waals surface area contributed by atoms with Crippen LogP contribution in [0.4, 0.5) is 11.4 Å². The molecule has 0 saturated carbocycles. The first-order valence-corrected chi connectivity index (χ1v) is 6.83. The maximum absolute atomic E-state index is 6.03. The topological polar surface area (TPSA) is 26.0 Å². The van der Waals surface area contributed by atoms with E-state index in [1.165, 1.54) is 0 Å². The lowest BCUT2D eigenvalue weighted by Crippen LogP contribution is -2.63. The molecular formula is C13H9Cl4N2+. The third-order valence-electron chi connectivity index (χ3n) is 2.36. The molecule has 0 amide bonds. The van der Waals surface area contributed by atoms with Crippen molar-refractivity contribution >= 4 is 64.1 Å². The molecule has 0 atom stereocenters. The van der Waals surface area contributed by atoms with Gasteiger partial charge in [0.25, 0.3) is 0 Å². The van der Waals surface area contributed by atoms with Gasteiger partial charge in [-0.2, -0.15) is 0 Å². The molecule has 2 aromatic rings. The van der Waals surface area contributed by atoms with Crippen molar-refractivity contribution in [3.63, 3.8) is 0 Å². The maximum Gasteiger partial charge on any atom is 0.240 e. The summed E-state index contributed by atoms with van der Waals surface area (Å²) in [5.41, 5.74) is 1.23. The Morgan fingerprint density at radius 1 is 0.789 bits per heavy atom. The summed E-state index contributed by atoms with van der Waals surface area (Å²) in [6.45, 7) is 0. The predicted octanol–water partition coefficient (Wildman–Crippen LogP) is 4.15. The summed E-state index contributed by atoms with van der Waals surface area (Å²) in [7, 11) is 0. The number of rotatable bonds is 3. The SMILES string of the molecule is Clc1cccc(Cl)c1NC=[NH+]c1c(Cl)cccc1Cl. The van der Waals surface area contributed by atoms with E-state index in [4.69, 9.17) is 46.4 Å². The highest BCUT2D eigenvalue weighted by Crippen LogP contribution is 2.29. The third kappa shape index (κ3) is 3.54. The normalized spacial score (nSPS) is 10.9. The second-order valence-electron chi connectivity index (χ2n) is 3.63. The summed E-state index contributed by atoms with van der Waals surface area (Å²) >= 11 is 24.1. The molecule has 0 fully saturated rings. The molecule has 0 aliphatic heterocycles. The van der Waals surface area contributed by atoms with Gasteiger partial charge in [0, 0.05) is 0 Å². The molecule has 0 aliphatic rings. The van der Waals surface area contributed by atoms with E-state index in [9.17, 15) is 0 Å². The molecule has 0 heterocycles. The van der Waals surface area contributed by atoms with Crippen LogP contribution in [0.15, 0.2) is 36.4 Å². The van der Waals surface area contributed by atoms with Gasteiger partial charge in [0.15, 0.2) is 11.4 Å². The van der Waals surface area contributed by atoms with Gasteiger partial charge in [-0.25, -0.2) is 10.3 Å². The Morgan fingerprint density at radius 2 is 1.26 bits per heavy atom. The van der Waals surface area contributed by atoms with Gasteiger partial charge >= 0.3 is 0 Å². The Bertz CT molecular complexity index is 586. The molecule has 2 nitrogen and oxygen atoms in total. The van der Waals surface area contributed by atoms with E-state index in [2.05, 4.69) is 10.3 Å². The standard InChI is InChI=1S/C13H8Cl4N2/c14-8-3-1-4-9(15)12(8)18-7-19-13-10(16)5-2-6-11(13)17/h1-7H,(H,18,19)/p+1. The monoisotopic (exact) mass is 333 g/mol. The first-order valence-electron chi connectivity index (χ1n) is 5.32. The van der Waals surface area contributed by atoms with E-state index >= 15 is 0 Å². The summed E-state index contributed by atoms with van der Waals surface area (Å²) in [6.07, 6.45) is 1.57. The first kappa shape index (κ1) is 14.5. The summed E-state index contributed by atoms with van der Waals surface area (Å²) < 4.78 is 0. The van der Waals surface area contributed by atoms with Crippen molar-refractivity contribution in [3.8, 4) is 0 Å². The molecule has 0 aromatic heterocycles. The molecule has 2 aromatic carbocycles. The fourth-order valence-corrected chi connectivity index (χ4v) is 2.46. The minimum atomic E-state index is 0.524. The van der Waals surface area contributed by atoms with Crippen molar-refractivity contribution in [1.29, 1.82) is 0 Å². The Hall–Kier alpha value is -0.930. The summed E-state index contributed by atoms with van der Waals surface area (Å²) in [6, 6.07) is 10.5. The van der Waals surface area contributed by atoms with Crippen LogP contribution >= 0.6 is 46.4 Å². The second-order valence-corrected chi connectivity index (χ2v) is 5.26. The lowest BCUT2D eigenvalue weighted by Gasteiger charge is -2.01. The van der Waals surface area contributed by atoms with Crippen LogP contribution in [-0.4, -0.2) is 6.34 Å². The van der Waals surface area contributed by atoms with Crippen LogP contribution in [0.5, 0.6) is 0 Å². The highest BCUT2D eigenvalue weighted by Gasteiger charge is 2.09. The zero-order chi connectivity index (χ0) is 13.8. The van der Waals surface area contributed by atoms with Crippen LogP contribution in [0.25, 0.3) is 0 Å². The van der Waals surface area contributed by atoms with Gasteiger partial charge in [0.05, 0.1) is 20.1 Å². The number of benzene rings is 2. The van der Waals surface area contributed by atoms with Crippen molar-refractivity contribution in [2.24, 2.45) is 0 Å². The van der Waals surface area contributed by atoms with Gasteiger partial charge in [-0.05, 0) is 24.3 Å². The summed E-state index contributed by atoms with van der Waals surface area (Å²) in [5.74, 6) is 0. The summed E-state index contributed by atoms with van der Waals surface area (Å²) in [5, 5.41) is 5.06. The van der Waals surface area contributed by atoms with Gasteiger partial charge in [0.1, 0.15) is 0 Å². The van der Waals surface area contributed by atoms with E-state index in [1.807, 2.05) is 0 Å². The van der Waals surface area contributed by atoms with Crippen LogP contribution in [0.3, 0.4) is 0 Å². The molecule has 0 unspecified atom stereocenters. The van der Waals surface area contributed by atoms with Crippen LogP contribution in [-0.2, 0) is 0 Å². The highest BCUT2D eigenvalue weighted by atomic mass is 35.5. The molecule has 0 radical (unpaired) electrons. The molecule has 98 valence electrons. The van der Waals surface area contributed by atoms with Crippen LogP contribution in [0.2, 0.25) is 20.1 Å². The number of hydrogen-bond acceptors (Lipinski definition) is 0. The third-order valence-corrected chi connectivity index (χ3v) is 3.62. The van der Waals surface area contributed by atoms with Gasteiger partial charge in [-0.15, -0.1) is 0 Å². The van der Waals surface area contributed by atoms with Gasteiger partial charge < -0.3 is 0 Å². The molecule has 0 bridgehead atoms. The number of anilines is 1.